The van der Waals surface area contributed by atoms with E-state index in [1.807, 2.05) is 0 Å². The van der Waals surface area contributed by atoms with Crippen LogP contribution in [0.25, 0.3) is 0 Å². The minimum absolute atomic E-state index is 0.109. The fraction of sp³-hybridized carbons (Fsp3) is 0.300. The van der Waals surface area contributed by atoms with E-state index in [-0.39, 0.29) is 19.3 Å². The molecular formula is C10H6F5NO3S. The summed E-state index contributed by atoms with van der Waals surface area (Å²) in [5.74, 6) is -12.1. The van der Waals surface area contributed by atoms with Crippen LogP contribution in [-0.4, -0.2) is 31.6 Å². The van der Waals surface area contributed by atoms with Crippen LogP contribution >= 0.6 is 0 Å². The van der Waals surface area contributed by atoms with Crippen molar-refractivity contribution >= 4 is 16.3 Å². The predicted molar refractivity (Wildman–Crippen MR) is 54.6 cm³/mol. The highest BCUT2D eigenvalue weighted by molar-refractivity contribution is 7.89. The van der Waals surface area contributed by atoms with E-state index in [0.29, 0.717) is 4.31 Å². The van der Waals surface area contributed by atoms with E-state index < -0.39 is 50.0 Å². The molecule has 10 heteroatoms. The Kier molecular flexibility index (Phi) is 3.54. The van der Waals surface area contributed by atoms with Crippen LogP contribution in [0.15, 0.2) is 4.90 Å². The predicted octanol–water partition coefficient (Wildman–Crippen LogP) is 1.34. The van der Waals surface area contributed by atoms with Gasteiger partial charge in [0.1, 0.15) is 6.29 Å². The number of benzene rings is 1. The number of rotatable bonds is 3. The summed E-state index contributed by atoms with van der Waals surface area (Å²) in [4.78, 5) is 8.59. The Labute approximate surface area is 109 Å². The molecule has 0 bridgehead atoms. The smallest absolute Gasteiger partial charge is 0.249 e. The molecule has 0 aromatic heterocycles. The van der Waals surface area contributed by atoms with E-state index >= 15 is 0 Å². The second kappa shape index (κ2) is 4.77. The summed E-state index contributed by atoms with van der Waals surface area (Å²) in [7, 11) is -4.98. The number of hydrogen-bond donors (Lipinski definition) is 0. The third-order valence-corrected chi connectivity index (χ3v) is 4.85. The van der Waals surface area contributed by atoms with Crippen LogP contribution in [0.2, 0.25) is 0 Å². The van der Waals surface area contributed by atoms with Crippen molar-refractivity contribution in [1.29, 1.82) is 0 Å². The number of halogens is 5. The molecule has 0 unspecified atom stereocenters. The van der Waals surface area contributed by atoms with Gasteiger partial charge < -0.3 is 4.79 Å². The molecule has 1 aromatic rings. The van der Waals surface area contributed by atoms with Gasteiger partial charge in [-0.2, -0.15) is 4.31 Å². The Bertz CT molecular complexity index is 662. The van der Waals surface area contributed by atoms with Crippen molar-refractivity contribution in [3.8, 4) is 0 Å². The zero-order valence-corrected chi connectivity index (χ0v) is 10.4. The Morgan fingerprint density at radius 1 is 0.950 bits per heavy atom. The monoisotopic (exact) mass is 315 g/mol. The number of carbonyl (C=O) groups is 1. The molecular weight excluding hydrogens is 309 g/mol. The van der Waals surface area contributed by atoms with Gasteiger partial charge in [-0.3, -0.25) is 0 Å². The van der Waals surface area contributed by atoms with Crippen molar-refractivity contribution in [2.45, 2.75) is 17.4 Å². The molecule has 1 aromatic carbocycles. The minimum atomic E-state index is -4.98. The highest BCUT2D eigenvalue weighted by Crippen LogP contribution is 2.32. The topological polar surface area (TPSA) is 54.5 Å². The molecule has 1 aliphatic heterocycles. The van der Waals surface area contributed by atoms with E-state index in [1.54, 1.807) is 0 Å². The second-order valence-electron chi connectivity index (χ2n) is 4.01. The maximum Gasteiger partial charge on any atom is 0.249 e. The van der Waals surface area contributed by atoms with Crippen LogP contribution in [0, 0.1) is 29.1 Å². The number of aldehydes is 1. The summed E-state index contributed by atoms with van der Waals surface area (Å²) in [6, 6.07) is -1.17. The maximum absolute atomic E-state index is 13.4. The molecule has 1 heterocycles. The maximum atomic E-state index is 13.4. The van der Waals surface area contributed by atoms with Crippen molar-refractivity contribution < 1.29 is 35.2 Å². The van der Waals surface area contributed by atoms with Gasteiger partial charge in [-0.15, -0.1) is 0 Å². The molecule has 1 fully saturated rings. The summed E-state index contributed by atoms with van der Waals surface area (Å²) in [5.41, 5.74) is 0. The zero-order chi connectivity index (χ0) is 15.2. The summed E-state index contributed by atoms with van der Waals surface area (Å²) in [5, 5.41) is 0. The van der Waals surface area contributed by atoms with E-state index in [1.165, 1.54) is 0 Å². The van der Waals surface area contributed by atoms with Crippen molar-refractivity contribution in [2.24, 2.45) is 0 Å². The van der Waals surface area contributed by atoms with E-state index in [2.05, 4.69) is 0 Å². The van der Waals surface area contributed by atoms with Crippen molar-refractivity contribution in [2.75, 3.05) is 6.54 Å². The van der Waals surface area contributed by atoms with Crippen molar-refractivity contribution in [1.82, 2.24) is 4.31 Å². The molecule has 1 atom stereocenters. The van der Waals surface area contributed by atoms with Gasteiger partial charge in [0.05, 0.1) is 6.04 Å². The van der Waals surface area contributed by atoms with Gasteiger partial charge >= 0.3 is 0 Å². The average Bonchev–Trinajstić information content (AvgIpc) is 2.32. The van der Waals surface area contributed by atoms with Crippen molar-refractivity contribution in [3.63, 3.8) is 0 Å². The fourth-order valence-corrected chi connectivity index (χ4v) is 3.47. The molecule has 0 radical (unpaired) electrons. The third-order valence-electron chi connectivity index (χ3n) is 2.91. The highest BCUT2D eigenvalue weighted by Gasteiger charge is 2.43. The first-order chi connectivity index (χ1) is 9.23. The first-order valence-electron chi connectivity index (χ1n) is 5.22. The van der Waals surface area contributed by atoms with Gasteiger partial charge in [0.25, 0.3) is 0 Å². The van der Waals surface area contributed by atoms with Crippen LogP contribution in [0.5, 0.6) is 0 Å². The molecule has 0 aliphatic carbocycles. The standard InChI is InChI=1S/C10H6F5NO3S/c11-5-6(12)8(14)10(9(15)7(5)13)20(18,19)16-2-1-4(16)3-17/h3-4H,1-2H2/t4-/m1/s1. The molecule has 1 saturated heterocycles. The summed E-state index contributed by atoms with van der Waals surface area (Å²) in [6.07, 6.45) is 0.325. The lowest BCUT2D eigenvalue weighted by Crippen LogP contribution is -2.52. The van der Waals surface area contributed by atoms with E-state index in [4.69, 9.17) is 0 Å². The van der Waals surface area contributed by atoms with Crippen LogP contribution in [0.4, 0.5) is 22.0 Å². The Hall–Kier alpha value is -1.55. The summed E-state index contributed by atoms with van der Waals surface area (Å²) >= 11 is 0. The molecule has 2 rings (SSSR count). The van der Waals surface area contributed by atoms with Crippen molar-refractivity contribution in [3.05, 3.63) is 29.1 Å². The van der Waals surface area contributed by atoms with Crippen LogP contribution in [0.3, 0.4) is 0 Å². The Morgan fingerprint density at radius 3 is 1.75 bits per heavy atom. The highest BCUT2D eigenvalue weighted by atomic mass is 32.2. The van der Waals surface area contributed by atoms with Gasteiger partial charge in [0.2, 0.25) is 15.8 Å². The van der Waals surface area contributed by atoms with Gasteiger partial charge in [-0.1, -0.05) is 0 Å². The Balaban J connectivity index is 2.67. The first-order valence-corrected chi connectivity index (χ1v) is 6.66. The van der Waals surface area contributed by atoms with Crippen LogP contribution in [0.1, 0.15) is 6.42 Å². The second-order valence-corrected chi connectivity index (χ2v) is 5.83. The average molecular weight is 315 g/mol. The van der Waals surface area contributed by atoms with E-state index in [0.717, 1.165) is 0 Å². The third kappa shape index (κ3) is 1.90. The SMILES string of the molecule is O=C[C@H]1CCN1S(=O)(=O)c1c(F)c(F)c(F)c(F)c1F. The van der Waals surface area contributed by atoms with E-state index in [9.17, 15) is 35.2 Å². The number of sulfonamides is 1. The van der Waals surface area contributed by atoms with Crippen LogP contribution in [-0.2, 0) is 14.8 Å². The normalized spacial score (nSPS) is 19.8. The molecule has 110 valence electrons. The molecule has 20 heavy (non-hydrogen) atoms. The molecule has 0 N–H and O–H groups in total. The van der Waals surface area contributed by atoms with Gasteiger partial charge in [-0.05, 0) is 6.42 Å². The zero-order valence-electron chi connectivity index (χ0n) is 9.54. The van der Waals surface area contributed by atoms with Gasteiger partial charge in [0.15, 0.2) is 28.2 Å². The number of nitrogens with zero attached hydrogens (tertiary/aromatic N) is 1. The Morgan fingerprint density at radius 2 is 1.40 bits per heavy atom. The summed E-state index contributed by atoms with van der Waals surface area (Å²) in [6.45, 7) is -0.245. The number of hydrogen-bond acceptors (Lipinski definition) is 3. The first kappa shape index (κ1) is 14.9. The minimum Gasteiger partial charge on any atom is -0.302 e. The van der Waals surface area contributed by atoms with Gasteiger partial charge in [0, 0.05) is 6.54 Å². The number of carbonyl (C=O) groups excluding carboxylic acids is 1. The summed E-state index contributed by atoms with van der Waals surface area (Å²) < 4.78 is 89.8. The molecule has 1 aliphatic rings. The quantitative estimate of drug-likeness (QED) is 0.366. The largest absolute Gasteiger partial charge is 0.302 e. The molecule has 0 amide bonds. The lowest BCUT2D eigenvalue weighted by atomic mass is 10.1. The lowest BCUT2D eigenvalue weighted by molar-refractivity contribution is -0.113. The van der Waals surface area contributed by atoms with Crippen LogP contribution < -0.4 is 0 Å². The van der Waals surface area contributed by atoms with Gasteiger partial charge in [-0.25, -0.2) is 30.4 Å². The molecule has 4 nitrogen and oxygen atoms in total. The molecule has 0 spiro atoms. The lowest BCUT2D eigenvalue weighted by Gasteiger charge is -2.35. The fourth-order valence-electron chi connectivity index (χ4n) is 1.75. The molecule has 0 saturated carbocycles.